The van der Waals surface area contributed by atoms with Gasteiger partial charge in [0.2, 0.25) is 5.95 Å². The Morgan fingerprint density at radius 2 is 1.86 bits per heavy atom. The summed E-state index contributed by atoms with van der Waals surface area (Å²) in [5, 5.41) is 9.05. The van der Waals surface area contributed by atoms with E-state index in [-0.39, 0.29) is 11.6 Å². The van der Waals surface area contributed by atoms with Crippen LogP contribution in [-0.2, 0) is 18.2 Å². The minimum atomic E-state index is -0.0241. The van der Waals surface area contributed by atoms with Crippen molar-refractivity contribution in [2.45, 2.75) is 37.3 Å². The highest BCUT2D eigenvalue weighted by atomic mass is 16.5. The highest BCUT2D eigenvalue weighted by Crippen LogP contribution is 2.39. The molecule has 0 bridgehead atoms. The number of para-hydroxylation sites is 1. The van der Waals surface area contributed by atoms with Gasteiger partial charge in [-0.3, -0.25) is 9.47 Å². The Hall–Kier alpha value is -2.12. The van der Waals surface area contributed by atoms with Gasteiger partial charge in [0.25, 0.3) is 0 Å². The number of rotatable bonds is 2. The summed E-state index contributed by atoms with van der Waals surface area (Å²) >= 11 is 0. The molecule has 150 valence electrons. The molecule has 1 aromatic heterocycles. The highest BCUT2D eigenvalue weighted by molar-refractivity contribution is 5.38. The van der Waals surface area contributed by atoms with Crippen molar-refractivity contribution >= 4 is 5.95 Å². The van der Waals surface area contributed by atoms with E-state index in [1.165, 1.54) is 5.56 Å². The molecule has 0 saturated carbocycles. The van der Waals surface area contributed by atoms with Crippen LogP contribution in [0.3, 0.4) is 0 Å². The molecule has 1 unspecified atom stereocenters. The Balaban J connectivity index is 1.29. The largest absolute Gasteiger partial charge is 0.487 e. The third-order valence-corrected chi connectivity index (χ3v) is 6.69. The molecule has 4 heterocycles. The number of morpholine rings is 1. The fourth-order valence-corrected chi connectivity index (χ4v) is 4.78. The average Bonchev–Trinajstić information content (AvgIpc) is 3.10. The fraction of sp³-hybridized carbons (Fsp3) is 0.619. The predicted octanol–water partition coefficient (Wildman–Crippen LogP) is 2.18. The molecular formula is C21H29N5O2. The molecule has 0 radical (unpaired) electrons. The normalized spacial score (nSPS) is 24.8. The van der Waals surface area contributed by atoms with Crippen LogP contribution in [0.5, 0.6) is 5.75 Å². The van der Waals surface area contributed by atoms with Crippen LogP contribution in [0, 0.1) is 0 Å². The lowest BCUT2D eigenvalue weighted by molar-refractivity contribution is 0.000741. The van der Waals surface area contributed by atoms with E-state index in [2.05, 4.69) is 62.9 Å². The monoisotopic (exact) mass is 383 g/mol. The number of hydrogen-bond acceptors (Lipinski definition) is 6. The van der Waals surface area contributed by atoms with Gasteiger partial charge in [0.1, 0.15) is 11.4 Å². The molecular weight excluding hydrogens is 354 g/mol. The molecule has 3 aliphatic heterocycles. The molecule has 2 saturated heterocycles. The second-order valence-electron chi connectivity index (χ2n) is 8.37. The number of ether oxygens (including phenoxy) is 2. The minimum absolute atomic E-state index is 0.0241. The second-order valence-corrected chi connectivity index (χ2v) is 8.37. The lowest BCUT2D eigenvalue weighted by Gasteiger charge is -2.44. The van der Waals surface area contributed by atoms with Gasteiger partial charge in [0, 0.05) is 39.5 Å². The number of piperidine rings is 1. The van der Waals surface area contributed by atoms with Gasteiger partial charge in [0.05, 0.1) is 19.3 Å². The van der Waals surface area contributed by atoms with E-state index in [9.17, 15) is 0 Å². The summed E-state index contributed by atoms with van der Waals surface area (Å²) in [6, 6.07) is 8.64. The van der Waals surface area contributed by atoms with E-state index in [0.717, 1.165) is 69.4 Å². The van der Waals surface area contributed by atoms with Crippen LogP contribution in [0.25, 0.3) is 0 Å². The van der Waals surface area contributed by atoms with Gasteiger partial charge in [-0.25, -0.2) is 0 Å². The summed E-state index contributed by atoms with van der Waals surface area (Å²) < 4.78 is 14.3. The van der Waals surface area contributed by atoms with Crippen molar-refractivity contribution in [3.8, 4) is 5.75 Å². The number of anilines is 1. The first kappa shape index (κ1) is 17.9. The van der Waals surface area contributed by atoms with Gasteiger partial charge < -0.3 is 14.4 Å². The Kier molecular flexibility index (Phi) is 4.51. The van der Waals surface area contributed by atoms with E-state index < -0.39 is 0 Å². The van der Waals surface area contributed by atoms with Crippen LogP contribution in [0.4, 0.5) is 5.95 Å². The van der Waals surface area contributed by atoms with E-state index in [4.69, 9.17) is 9.47 Å². The van der Waals surface area contributed by atoms with Crippen molar-refractivity contribution in [1.82, 2.24) is 19.7 Å². The summed E-state index contributed by atoms with van der Waals surface area (Å²) in [6.45, 7) is 4.29. The van der Waals surface area contributed by atoms with Crippen LogP contribution < -0.4 is 9.64 Å². The zero-order valence-electron chi connectivity index (χ0n) is 16.8. The molecule has 7 nitrogen and oxygen atoms in total. The van der Waals surface area contributed by atoms with Crippen molar-refractivity contribution in [1.29, 1.82) is 0 Å². The minimum Gasteiger partial charge on any atom is -0.487 e. The van der Waals surface area contributed by atoms with Gasteiger partial charge in [-0.15, -0.1) is 10.2 Å². The Morgan fingerprint density at radius 1 is 1.04 bits per heavy atom. The first-order chi connectivity index (χ1) is 13.7. The number of likely N-dealkylation sites (N-methyl/N-ethyl adjacent to an activating group) is 1. The van der Waals surface area contributed by atoms with Gasteiger partial charge in [-0.05, 0) is 31.5 Å². The van der Waals surface area contributed by atoms with E-state index >= 15 is 0 Å². The zero-order chi connectivity index (χ0) is 19.1. The molecule has 1 spiro atoms. The average molecular weight is 383 g/mol. The van der Waals surface area contributed by atoms with Gasteiger partial charge in [0.15, 0.2) is 5.82 Å². The third kappa shape index (κ3) is 3.06. The molecule has 2 aromatic rings. The van der Waals surface area contributed by atoms with E-state index in [1.54, 1.807) is 0 Å². The second kappa shape index (κ2) is 7.04. The topological polar surface area (TPSA) is 55.6 Å². The lowest BCUT2D eigenvalue weighted by Crippen LogP contribution is -2.50. The van der Waals surface area contributed by atoms with Crippen molar-refractivity contribution in [3.05, 3.63) is 35.7 Å². The number of aryl methyl sites for hydroxylation is 1. The molecule has 0 N–H and O–H groups in total. The van der Waals surface area contributed by atoms with Crippen molar-refractivity contribution < 1.29 is 9.47 Å². The predicted molar refractivity (Wildman–Crippen MR) is 107 cm³/mol. The first-order valence-electron chi connectivity index (χ1n) is 10.3. The summed E-state index contributed by atoms with van der Waals surface area (Å²) in [5.74, 6) is 3.02. The standard InChI is InChI=1S/C21H29N5O2/c1-24-13-14-27-15-17(24)19-22-23-20(25(19)2)26-11-9-21(10-12-26)8-7-16-5-3-4-6-18(16)28-21/h3-6,17H,7-15H2,1-2H3. The van der Waals surface area contributed by atoms with E-state index in [1.807, 2.05) is 0 Å². The first-order valence-corrected chi connectivity index (χ1v) is 10.3. The highest BCUT2D eigenvalue weighted by Gasteiger charge is 2.40. The van der Waals surface area contributed by atoms with Crippen molar-refractivity contribution in [2.24, 2.45) is 7.05 Å². The maximum absolute atomic E-state index is 6.50. The molecule has 7 heteroatoms. The third-order valence-electron chi connectivity index (χ3n) is 6.69. The molecule has 0 aliphatic carbocycles. The van der Waals surface area contributed by atoms with Crippen molar-refractivity contribution in [2.75, 3.05) is 44.8 Å². The Labute approximate surface area is 166 Å². The number of nitrogens with zero attached hydrogens (tertiary/aromatic N) is 5. The molecule has 2 fully saturated rings. The SMILES string of the molecule is CN1CCOCC1c1nnc(N2CCC3(CCc4ccccc4O3)CC2)n1C. The van der Waals surface area contributed by atoms with Gasteiger partial charge in [-0.1, -0.05) is 18.2 Å². The number of benzene rings is 1. The summed E-state index contributed by atoms with van der Waals surface area (Å²) in [5.41, 5.74) is 1.32. The summed E-state index contributed by atoms with van der Waals surface area (Å²) in [7, 11) is 4.20. The smallest absolute Gasteiger partial charge is 0.227 e. The van der Waals surface area contributed by atoms with Crippen LogP contribution in [-0.4, -0.2) is 65.2 Å². The van der Waals surface area contributed by atoms with Gasteiger partial charge in [-0.2, -0.15) is 0 Å². The fourth-order valence-electron chi connectivity index (χ4n) is 4.78. The quantitative estimate of drug-likeness (QED) is 0.792. The molecule has 1 atom stereocenters. The molecule has 0 amide bonds. The zero-order valence-corrected chi connectivity index (χ0v) is 16.8. The van der Waals surface area contributed by atoms with Crippen LogP contribution >= 0.6 is 0 Å². The van der Waals surface area contributed by atoms with Gasteiger partial charge >= 0.3 is 0 Å². The summed E-state index contributed by atoms with van der Waals surface area (Å²) in [6.07, 6.45) is 4.26. The molecule has 3 aliphatic rings. The maximum Gasteiger partial charge on any atom is 0.227 e. The summed E-state index contributed by atoms with van der Waals surface area (Å²) in [4.78, 5) is 4.66. The maximum atomic E-state index is 6.50. The van der Waals surface area contributed by atoms with Crippen molar-refractivity contribution in [3.63, 3.8) is 0 Å². The Morgan fingerprint density at radius 3 is 2.68 bits per heavy atom. The number of aromatic nitrogens is 3. The van der Waals surface area contributed by atoms with E-state index in [0.29, 0.717) is 6.61 Å². The van der Waals surface area contributed by atoms with Crippen LogP contribution in [0.1, 0.15) is 36.7 Å². The molecule has 28 heavy (non-hydrogen) atoms. The number of fused-ring (bicyclic) bond motifs is 1. The molecule has 1 aromatic carbocycles. The van der Waals surface area contributed by atoms with Crippen LogP contribution in [0.15, 0.2) is 24.3 Å². The Bertz CT molecular complexity index is 843. The molecule has 5 rings (SSSR count). The van der Waals surface area contributed by atoms with Crippen LogP contribution in [0.2, 0.25) is 0 Å². The number of hydrogen-bond donors (Lipinski definition) is 0. The lowest BCUT2D eigenvalue weighted by atomic mass is 9.83.